The molecule has 0 bridgehead atoms. The van der Waals surface area contributed by atoms with Crippen LogP contribution in [-0.2, 0) is 27.4 Å². The van der Waals surface area contributed by atoms with Gasteiger partial charge in [0.2, 0.25) is 0 Å². The van der Waals surface area contributed by atoms with Gasteiger partial charge in [-0.1, -0.05) is 42.7 Å². The van der Waals surface area contributed by atoms with E-state index in [0.717, 1.165) is 10.2 Å². The molecule has 2 aliphatic heterocycles. The van der Waals surface area contributed by atoms with Gasteiger partial charge in [-0.25, -0.2) is 9.46 Å². The summed E-state index contributed by atoms with van der Waals surface area (Å²) in [5.41, 5.74) is -4.71. The molecule has 2 heterocycles. The number of carbonyl (C=O) groups is 2. The number of ether oxygens (including phenoxy) is 1. The topological polar surface area (TPSA) is 82.1 Å². The molecule has 2 fully saturated rings. The highest BCUT2D eigenvalue weighted by molar-refractivity contribution is 7.40. The molecule has 0 saturated carbocycles. The number of aliphatic hydroxyl groups excluding tert-OH is 1. The van der Waals surface area contributed by atoms with Gasteiger partial charge in [-0.05, 0) is 49.1 Å². The molecular weight excluding hydrogens is 587 g/mol. The van der Waals surface area contributed by atoms with Gasteiger partial charge in [-0.15, -0.1) is 0 Å². The molecule has 4 rings (SSSR count). The van der Waals surface area contributed by atoms with E-state index in [0.29, 0.717) is 12.1 Å². The van der Waals surface area contributed by atoms with Gasteiger partial charge in [0.05, 0.1) is 36.0 Å². The van der Waals surface area contributed by atoms with E-state index in [-0.39, 0.29) is 59.5 Å². The van der Waals surface area contributed by atoms with Crippen LogP contribution in [0.15, 0.2) is 60.9 Å². The zero-order valence-electron chi connectivity index (χ0n) is 22.6. The molecule has 2 aromatic carbocycles. The van der Waals surface area contributed by atoms with E-state index >= 15 is 0 Å². The number of hydrogen-bond acceptors (Lipinski definition) is 5. The molecule has 0 aromatic heterocycles. The summed E-state index contributed by atoms with van der Waals surface area (Å²) < 4.78 is 87.6. The first kappa shape index (κ1) is 31.9. The zero-order valence-corrected chi connectivity index (χ0v) is 23.6. The molecule has 2 unspecified atom stereocenters. The highest BCUT2D eigenvalue weighted by Crippen LogP contribution is 2.45. The Labute approximate surface area is 240 Å². The number of β-amino-alcohol motifs (C(OH)–C–C–N with tert-alkyl or cyclic N) is 1. The number of hydrogen-bond donors (Lipinski definition) is 2. The van der Waals surface area contributed by atoms with Crippen molar-refractivity contribution in [3.63, 3.8) is 0 Å². The lowest BCUT2D eigenvalue weighted by molar-refractivity contribution is -0.143. The summed E-state index contributed by atoms with van der Waals surface area (Å²) in [4.78, 5) is 27.8. The maximum Gasteiger partial charge on any atom is 0.416 e. The average Bonchev–Trinajstić information content (AvgIpc) is 3.13. The number of nitrogens with one attached hydrogen (secondary N) is 1. The lowest BCUT2D eigenvalue weighted by Crippen LogP contribution is -2.65. The minimum atomic E-state index is -4.99. The average molecular weight is 618 g/mol. The third-order valence-corrected chi connectivity index (χ3v) is 8.59. The number of alkyl halides is 6. The number of rotatable bonds is 9. The first-order chi connectivity index (χ1) is 19.7. The highest BCUT2D eigenvalue weighted by Gasteiger charge is 2.60. The van der Waals surface area contributed by atoms with Crippen molar-refractivity contribution < 1.29 is 45.8 Å². The van der Waals surface area contributed by atoms with Crippen LogP contribution in [0.25, 0.3) is 0 Å². The van der Waals surface area contributed by atoms with Crippen LogP contribution >= 0.6 is 8.73 Å². The van der Waals surface area contributed by atoms with Crippen molar-refractivity contribution >= 4 is 20.7 Å². The summed E-state index contributed by atoms with van der Waals surface area (Å²) >= 11 is 0. The minimum Gasteiger partial charge on any atom is -0.395 e. The van der Waals surface area contributed by atoms with Crippen LogP contribution in [0.1, 0.15) is 48.1 Å². The molecule has 14 heteroatoms. The third kappa shape index (κ3) is 6.06. The zero-order chi connectivity index (χ0) is 30.9. The summed E-state index contributed by atoms with van der Waals surface area (Å²) in [6, 6.07) is 9.71. The number of nitrogens with zero attached hydrogens (tertiary/aromatic N) is 2. The molecule has 1 spiro atoms. The second kappa shape index (κ2) is 11.9. The van der Waals surface area contributed by atoms with Crippen molar-refractivity contribution in [2.24, 2.45) is 0 Å². The van der Waals surface area contributed by atoms with Crippen molar-refractivity contribution in [2.75, 3.05) is 26.3 Å². The van der Waals surface area contributed by atoms with Gasteiger partial charge < -0.3 is 20.1 Å². The van der Waals surface area contributed by atoms with Crippen molar-refractivity contribution in [3.05, 3.63) is 83.2 Å². The molecule has 42 heavy (non-hydrogen) atoms. The predicted octanol–water partition coefficient (Wildman–Crippen LogP) is 5.81. The Kier molecular flexibility index (Phi) is 9.09. The lowest BCUT2D eigenvalue weighted by Gasteiger charge is -2.47. The van der Waals surface area contributed by atoms with Crippen LogP contribution in [0, 0.1) is 0 Å². The third-order valence-electron chi connectivity index (χ3n) is 7.75. The fourth-order valence-corrected chi connectivity index (χ4v) is 6.18. The van der Waals surface area contributed by atoms with Crippen molar-refractivity contribution in [2.45, 2.75) is 49.3 Å². The van der Waals surface area contributed by atoms with Gasteiger partial charge >= 0.3 is 18.4 Å². The molecular formula is C28H30F6N3O4P. The highest BCUT2D eigenvalue weighted by atomic mass is 31.1. The van der Waals surface area contributed by atoms with Gasteiger partial charge in [-0.2, -0.15) is 26.3 Å². The quantitative estimate of drug-likeness (QED) is 0.211. The van der Waals surface area contributed by atoms with Crippen LogP contribution in [0.2, 0.25) is 0 Å². The van der Waals surface area contributed by atoms with Gasteiger partial charge in [0.25, 0.3) is 5.91 Å². The monoisotopic (exact) mass is 617 g/mol. The maximum atomic E-state index is 13.5. The molecule has 2 saturated heterocycles. The molecule has 7 nitrogen and oxygen atoms in total. The van der Waals surface area contributed by atoms with Crippen molar-refractivity contribution in [3.8, 4) is 0 Å². The Balaban J connectivity index is 1.63. The molecule has 3 amide bonds. The number of carbonyl (C=O) groups excluding carboxylic acids is 2. The first-order valence-corrected chi connectivity index (χ1v) is 14.1. The van der Waals surface area contributed by atoms with Crippen LogP contribution in [0.5, 0.6) is 0 Å². The van der Waals surface area contributed by atoms with Crippen LogP contribution in [0.3, 0.4) is 0 Å². The summed E-state index contributed by atoms with van der Waals surface area (Å²) in [7, 11) is -0.291. The number of halogens is 6. The van der Waals surface area contributed by atoms with Gasteiger partial charge in [0.15, 0.2) is 0 Å². The van der Waals surface area contributed by atoms with E-state index in [1.807, 2.05) is 0 Å². The van der Waals surface area contributed by atoms with E-state index in [2.05, 4.69) is 11.9 Å². The smallest absolute Gasteiger partial charge is 0.395 e. The SMILES string of the molecule is C=CPN1C(=O)N(CCO)C2(CC[C@@](CO[C@H](C)c3cc(C(F)(F)F)cc(C(F)(F)F)c3)(c3ccccc3)NC2)C1=O. The Morgan fingerprint density at radius 1 is 1.07 bits per heavy atom. The Morgan fingerprint density at radius 3 is 2.19 bits per heavy atom. The molecule has 2 aliphatic rings. The largest absolute Gasteiger partial charge is 0.416 e. The summed E-state index contributed by atoms with van der Waals surface area (Å²) in [5, 5.41) is 12.9. The summed E-state index contributed by atoms with van der Waals surface area (Å²) in [5.74, 6) is 1.01. The van der Waals surface area contributed by atoms with Crippen LogP contribution in [0.4, 0.5) is 31.1 Å². The first-order valence-electron chi connectivity index (χ1n) is 13.0. The molecule has 228 valence electrons. The van der Waals surface area contributed by atoms with E-state index in [1.165, 1.54) is 17.6 Å². The fraction of sp³-hybridized carbons (Fsp3) is 0.429. The standard InChI is InChI=1S/C28H30F6N3O4P/c1-3-42-37-23(39)26(36(11-12-38)24(37)40)10-9-25(35-16-26,20-7-5-4-6-8-20)17-41-18(2)19-13-21(27(29,30)31)15-22(14-19)28(32,33)34/h3-8,13-15,18,35,38,42H,1,9-12,16-17H2,2H3/t18-,25-,26?/m1/s1. The summed E-state index contributed by atoms with van der Waals surface area (Å²) in [6.07, 6.45) is -10.8. The lowest BCUT2D eigenvalue weighted by atomic mass is 9.75. The van der Waals surface area contributed by atoms with Gasteiger partial charge in [0, 0.05) is 21.8 Å². The van der Waals surface area contributed by atoms with E-state index < -0.39 is 52.6 Å². The van der Waals surface area contributed by atoms with Crippen molar-refractivity contribution in [1.82, 2.24) is 14.9 Å². The van der Waals surface area contributed by atoms with Crippen LogP contribution in [-0.4, -0.2) is 58.5 Å². The van der Waals surface area contributed by atoms with Crippen molar-refractivity contribution in [1.29, 1.82) is 0 Å². The second-order valence-corrected chi connectivity index (χ2v) is 11.4. The molecule has 0 radical (unpaired) electrons. The number of benzene rings is 2. The van der Waals surface area contributed by atoms with E-state index in [9.17, 15) is 41.0 Å². The molecule has 2 N–H and O–H groups in total. The number of urea groups is 1. The number of imide groups is 1. The van der Waals surface area contributed by atoms with Gasteiger partial charge in [-0.3, -0.25) is 4.79 Å². The maximum absolute atomic E-state index is 13.5. The molecule has 0 aliphatic carbocycles. The fourth-order valence-electron chi connectivity index (χ4n) is 5.44. The Morgan fingerprint density at radius 2 is 1.69 bits per heavy atom. The summed E-state index contributed by atoms with van der Waals surface area (Å²) in [6.45, 7) is 4.35. The number of aliphatic hydroxyl groups is 1. The Hall–Kier alpha value is -2.99. The second-order valence-electron chi connectivity index (χ2n) is 10.3. The molecule has 4 atom stereocenters. The Bertz CT molecular complexity index is 1280. The molecule has 2 aromatic rings. The predicted molar refractivity (Wildman–Crippen MR) is 143 cm³/mol. The number of amides is 3. The normalized spacial score (nSPS) is 24.3. The van der Waals surface area contributed by atoms with Crippen LogP contribution < -0.4 is 5.32 Å². The van der Waals surface area contributed by atoms with E-state index in [1.54, 1.807) is 30.3 Å². The van der Waals surface area contributed by atoms with Gasteiger partial charge in [0.1, 0.15) is 5.54 Å². The number of piperidine rings is 1. The van der Waals surface area contributed by atoms with E-state index in [4.69, 9.17) is 4.74 Å². The minimum absolute atomic E-state index is 0.0237.